The topological polar surface area (TPSA) is 126 Å². The number of hydrogen-bond acceptors (Lipinski definition) is 5. The minimum absolute atomic E-state index is 0.187. The van der Waals surface area contributed by atoms with Crippen LogP contribution in [-0.4, -0.2) is 18.8 Å². The van der Waals surface area contributed by atoms with Crippen molar-refractivity contribution in [2.75, 3.05) is 0 Å². The van der Waals surface area contributed by atoms with Crippen LogP contribution in [0, 0.1) is 10.1 Å². The lowest BCUT2D eigenvalue weighted by molar-refractivity contribution is -0.384. The van der Waals surface area contributed by atoms with Crippen LogP contribution >= 0.6 is 0 Å². The lowest BCUT2D eigenvalue weighted by Crippen LogP contribution is -2.23. The maximum atomic E-state index is 12.3. The fraction of sp³-hybridized carbons (Fsp3) is 0.143. The highest BCUT2D eigenvalue weighted by molar-refractivity contribution is 7.92. The molecular weight excluding hydrogens is 293 g/mol. The van der Waals surface area contributed by atoms with Gasteiger partial charge in [-0.05, 0) is 17.7 Å². The number of halogens is 3. The molecule has 0 saturated carbocycles. The van der Waals surface area contributed by atoms with E-state index in [0.29, 0.717) is 12.1 Å². The van der Waals surface area contributed by atoms with E-state index in [2.05, 4.69) is 10.0 Å². The molecule has 0 radical (unpaired) electrons. The van der Waals surface area contributed by atoms with Gasteiger partial charge in [0.2, 0.25) is 0 Å². The number of nitro groups is 1. The van der Waals surface area contributed by atoms with E-state index in [-0.39, 0.29) is 6.07 Å². The van der Waals surface area contributed by atoms with E-state index in [1.54, 1.807) is 0 Å². The molecular formula is C7H3F3N4O4S. The Kier molecular flexibility index (Phi) is 3.68. The third-order valence-corrected chi connectivity index (χ3v) is 3.39. The predicted octanol–water partition coefficient (Wildman–Crippen LogP) is 2.83. The molecule has 0 atom stereocenters. The van der Waals surface area contributed by atoms with Gasteiger partial charge in [0.25, 0.3) is 15.5 Å². The highest BCUT2D eigenvalue weighted by Crippen LogP contribution is 2.35. The molecule has 0 fully saturated rings. The number of sulfone groups is 1. The number of azide groups is 1. The number of nitrogens with zero attached hydrogens (tertiary/aromatic N) is 4. The van der Waals surface area contributed by atoms with E-state index < -0.39 is 36.5 Å². The zero-order chi connectivity index (χ0) is 14.8. The van der Waals surface area contributed by atoms with Gasteiger partial charge in [0.1, 0.15) is 5.69 Å². The van der Waals surface area contributed by atoms with Gasteiger partial charge >= 0.3 is 5.51 Å². The molecule has 0 bridgehead atoms. The number of rotatable bonds is 3. The first-order valence-corrected chi connectivity index (χ1v) is 5.74. The van der Waals surface area contributed by atoms with Crippen molar-refractivity contribution in [3.63, 3.8) is 0 Å². The summed E-state index contributed by atoms with van der Waals surface area (Å²) in [5.74, 6) is 0. The monoisotopic (exact) mass is 296 g/mol. The van der Waals surface area contributed by atoms with Gasteiger partial charge in [0, 0.05) is 11.0 Å². The molecule has 0 aromatic heterocycles. The lowest BCUT2D eigenvalue weighted by atomic mass is 10.3. The van der Waals surface area contributed by atoms with Crippen molar-refractivity contribution in [3.05, 3.63) is 38.8 Å². The smallest absolute Gasteiger partial charge is 0.258 e. The summed E-state index contributed by atoms with van der Waals surface area (Å²) in [6, 6.07) is 1.28. The summed E-state index contributed by atoms with van der Waals surface area (Å²) in [5.41, 5.74) is 0.911. The van der Waals surface area contributed by atoms with Crippen LogP contribution in [0.3, 0.4) is 0 Å². The van der Waals surface area contributed by atoms with E-state index in [0.717, 1.165) is 0 Å². The maximum Gasteiger partial charge on any atom is 0.501 e. The summed E-state index contributed by atoms with van der Waals surface area (Å²) in [6.45, 7) is 0. The van der Waals surface area contributed by atoms with Crippen LogP contribution in [0.5, 0.6) is 0 Å². The van der Waals surface area contributed by atoms with Crippen LogP contribution in [-0.2, 0) is 9.84 Å². The summed E-state index contributed by atoms with van der Waals surface area (Å²) in [6.07, 6.45) is 0. The van der Waals surface area contributed by atoms with Crippen LogP contribution in [0.4, 0.5) is 24.5 Å². The van der Waals surface area contributed by atoms with Gasteiger partial charge in [0.15, 0.2) is 0 Å². The molecule has 19 heavy (non-hydrogen) atoms. The molecule has 0 N–H and O–H groups in total. The Hall–Kier alpha value is -2.33. The molecule has 0 aliphatic carbocycles. The van der Waals surface area contributed by atoms with Gasteiger partial charge in [-0.1, -0.05) is 5.11 Å². The quantitative estimate of drug-likeness (QED) is 0.279. The molecule has 0 spiro atoms. The van der Waals surface area contributed by atoms with E-state index in [1.165, 1.54) is 0 Å². The Morgan fingerprint density at radius 2 is 1.95 bits per heavy atom. The van der Waals surface area contributed by atoms with Crippen LogP contribution in [0.2, 0.25) is 0 Å². The molecule has 0 aliphatic heterocycles. The minimum Gasteiger partial charge on any atom is -0.258 e. The van der Waals surface area contributed by atoms with Gasteiger partial charge in [-0.15, -0.1) is 0 Å². The Balaban J connectivity index is 3.56. The Bertz CT molecular complexity index is 678. The Morgan fingerprint density at radius 3 is 2.37 bits per heavy atom. The highest BCUT2D eigenvalue weighted by Gasteiger charge is 2.47. The molecule has 1 aromatic carbocycles. The average Bonchev–Trinajstić information content (AvgIpc) is 2.27. The van der Waals surface area contributed by atoms with Gasteiger partial charge < -0.3 is 0 Å². The standard InChI is InChI=1S/C7H3F3N4O4S/c8-7(9,10)19(17,18)4-1-2-5(12-13-11)6(3-4)14(15)16/h1-3H. The summed E-state index contributed by atoms with van der Waals surface area (Å²) >= 11 is 0. The number of benzene rings is 1. The van der Waals surface area contributed by atoms with Gasteiger partial charge in [-0.25, -0.2) is 8.42 Å². The largest absolute Gasteiger partial charge is 0.501 e. The van der Waals surface area contributed by atoms with Gasteiger partial charge in [-0.2, -0.15) is 13.2 Å². The summed E-state index contributed by atoms with van der Waals surface area (Å²) in [4.78, 5) is 10.4. The summed E-state index contributed by atoms with van der Waals surface area (Å²) in [5, 5.41) is 13.4. The van der Waals surface area contributed by atoms with Crippen molar-refractivity contribution in [2.45, 2.75) is 10.4 Å². The first-order valence-electron chi connectivity index (χ1n) is 4.26. The second-order valence-corrected chi connectivity index (χ2v) is 4.99. The number of nitro benzene ring substituents is 1. The number of alkyl halides is 3. The van der Waals surface area contributed by atoms with E-state index >= 15 is 0 Å². The van der Waals surface area contributed by atoms with Crippen molar-refractivity contribution >= 4 is 21.2 Å². The average molecular weight is 296 g/mol. The minimum atomic E-state index is -5.70. The van der Waals surface area contributed by atoms with Crippen molar-refractivity contribution in [1.82, 2.24) is 0 Å². The van der Waals surface area contributed by atoms with E-state index in [9.17, 15) is 31.7 Å². The molecule has 0 heterocycles. The summed E-state index contributed by atoms with van der Waals surface area (Å²) < 4.78 is 58.9. The second kappa shape index (κ2) is 4.74. The molecule has 0 saturated heterocycles. The number of hydrogen-bond donors (Lipinski definition) is 0. The molecule has 12 heteroatoms. The Morgan fingerprint density at radius 1 is 1.37 bits per heavy atom. The lowest BCUT2D eigenvalue weighted by Gasteiger charge is -2.08. The van der Waals surface area contributed by atoms with E-state index in [4.69, 9.17) is 5.53 Å². The third-order valence-electron chi connectivity index (χ3n) is 1.91. The van der Waals surface area contributed by atoms with Crippen molar-refractivity contribution in [2.24, 2.45) is 5.11 Å². The zero-order valence-corrected chi connectivity index (χ0v) is 9.51. The zero-order valence-electron chi connectivity index (χ0n) is 8.70. The first-order chi connectivity index (χ1) is 8.61. The third kappa shape index (κ3) is 2.74. The first kappa shape index (κ1) is 14.7. The predicted molar refractivity (Wildman–Crippen MR) is 55.1 cm³/mol. The normalized spacial score (nSPS) is 11.7. The van der Waals surface area contributed by atoms with Gasteiger partial charge in [-0.3, -0.25) is 10.1 Å². The molecule has 102 valence electrons. The molecule has 8 nitrogen and oxygen atoms in total. The van der Waals surface area contributed by atoms with Crippen molar-refractivity contribution < 1.29 is 26.5 Å². The van der Waals surface area contributed by atoms with Crippen LogP contribution in [0.25, 0.3) is 10.4 Å². The molecule has 1 aromatic rings. The Labute approximate surface area is 103 Å². The SMILES string of the molecule is [N-]=[N+]=Nc1ccc(S(=O)(=O)C(F)(F)F)cc1[N+](=O)[O-]. The maximum absolute atomic E-state index is 12.3. The van der Waals surface area contributed by atoms with Crippen LogP contribution in [0.15, 0.2) is 28.2 Å². The fourth-order valence-corrected chi connectivity index (χ4v) is 1.86. The van der Waals surface area contributed by atoms with Crippen molar-refractivity contribution in [1.29, 1.82) is 0 Å². The van der Waals surface area contributed by atoms with Crippen molar-refractivity contribution in [3.8, 4) is 0 Å². The van der Waals surface area contributed by atoms with Crippen LogP contribution in [0.1, 0.15) is 0 Å². The molecule has 0 amide bonds. The fourth-order valence-electron chi connectivity index (χ4n) is 1.08. The molecule has 0 unspecified atom stereocenters. The highest BCUT2D eigenvalue weighted by atomic mass is 32.2. The van der Waals surface area contributed by atoms with Gasteiger partial charge in [0.05, 0.1) is 9.82 Å². The van der Waals surface area contributed by atoms with E-state index in [1.807, 2.05) is 0 Å². The summed E-state index contributed by atoms with van der Waals surface area (Å²) in [7, 11) is -5.70. The second-order valence-electron chi connectivity index (χ2n) is 3.05. The molecule has 1 rings (SSSR count). The molecule has 0 aliphatic rings. The van der Waals surface area contributed by atoms with Crippen LogP contribution < -0.4 is 0 Å².